The van der Waals surface area contributed by atoms with E-state index in [0.717, 1.165) is 51.6 Å². The van der Waals surface area contributed by atoms with Crippen molar-refractivity contribution in [2.24, 2.45) is 23.5 Å². The van der Waals surface area contributed by atoms with Crippen molar-refractivity contribution in [2.75, 3.05) is 13.1 Å². The van der Waals surface area contributed by atoms with Gasteiger partial charge in [0.2, 0.25) is 5.91 Å². The van der Waals surface area contributed by atoms with Crippen molar-refractivity contribution in [3.05, 3.63) is 0 Å². The number of hydrogen-bond donors (Lipinski definition) is 2. The summed E-state index contributed by atoms with van der Waals surface area (Å²) in [5, 5.41) is 9.89. The molecule has 3 fully saturated rings. The van der Waals surface area contributed by atoms with E-state index in [1.54, 1.807) is 0 Å². The molecule has 4 heteroatoms. The topological polar surface area (TPSA) is 66.6 Å². The van der Waals surface area contributed by atoms with Gasteiger partial charge in [0.1, 0.15) is 0 Å². The van der Waals surface area contributed by atoms with Crippen LogP contribution >= 0.6 is 0 Å². The number of aliphatic hydroxyl groups is 1. The first-order valence-corrected chi connectivity index (χ1v) is 7.37. The summed E-state index contributed by atoms with van der Waals surface area (Å²) in [4.78, 5) is 14.5. The van der Waals surface area contributed by atoms with Gasteiger partial charge in [0, 0.05) is 31.0 Å². The standard InChI is InChI=1S/C14H24N2O2/c15-11-4-1-9(2-5-11)14(18)16-7-10-3-6-13(17)12(10)8-16/h9-13,17H,1-8,15H2. The second-order valence-electron chi connectivity index (χ2n) is 6.42. The van der Waals surface area contributed by atoms with Crippen LogP contribution < -0.4 is 5.73 Å². The lowest BCUT2D eigenvalue weighted by Crippen LogP contribution is -2.39. The molecular formula is C14H24N2O2. The average molecular weight is 252 g/mol. The van der Waals surface area contributed by atoms with Crippen molar-refractivity contribution in [1.82, 2.24) is 4.90 Å². The number of nitrogens with zero attached hydrogens (tertiary/aromatic N) is 1. The number of likely N-dealkylation sites (tertiary alicyclic amines) is 1. The molecule has 102 valence electrons. The van der Waals surface area contributed by atoms with E-state index < -0.39 is 0 Å². The molecule has 0 aromatic carbocycles. The van der Waals surface area contributed by atoms with Crippen LogP contribution in [0.5, 0.6) is 0 Å². The first-order chi connectivity index (χ1) is 8.65. The second-order valence-corrected chi connectivity index (χ2v) is 6.42. The second kappa shape index (κ2) is 4.82. The molecule has 4 nitrogen and oxygen atoms in total. The Balaban J connectivity index is 1.58. The molecule has 3 atom stereocenters. The van der Waals surface area contributed by atoms with Gasteiger partial charge in [-0.2, -0.15) is 0 Å². The van der Waals surface area contributed by atoms with Gasteiger partial charge in [-0.3, -0.25) is 4.79 Å². The van der Waals surface area contributed by atoms with Gasteiger partial charge >= 0.3 is 0 Å². The summed E-state index contributed by atoms with van der Waals surface area (Å²) < 4.78 is 0. The third-order valence-corrected chi connectivity index (χ3v) is 5.25. The predicted molar refractivity (Wildman–Crippen MR) is 68.7 cm³/mol. The zero-order valence-electron chi connectivity index (χ0n) is 10.9. The fourth-order valence-corrected chi connectivity index (χ4v) is 4.04. The Bertz CT molecular complexity index is 326. The number of nitrogens with two attached hydrogens (primary N) is 1. The van der Waals surface area contributed by atoms with Crippen molar-refractivity contribution in [2.45, 2.75) is 50.7 Å². The fraction of sp³-hybridized carbons (Fsp3) is 0.929. The molecule has 1 heterocycles. The van der Waals surface area contributed by atoms with Crippen molar-refractivity contribution >= 4 is 5.91 Å². The van der Waals surface area contributed by atoms with Crippen molar-refractivity contribution in [3.8, 4) is 0 Å². The van der Waals surface area contributed by atoms with Crippen LogP contribution in [-0.4, -0.2) is 41.1 Å². The fourth-order valence-electron chi connectivity index (χ4n) is 4.04. The molecular weight excluding hydrogens is 228 g/mol. The number of amides is 1. The van der Waals surface area contributed by atoms with Crippen LogP contribution in [0, 0.1) is 17.8 Å². The Kier molecular flexibility index (Phi) is 3.32. The minimum atomic E-state index is -0.174. The number of fused-ring (bicyclic) bond motifs is 1. The lowest BCUT2D eigenvalue weighted by atomic mass is 9.85. The van der Waals surface area contributed by atoms with Crippen molar-refractivity contribution in [1.29, 1.82) is 0 Å². The summed E-state index contributed by atoms with van der Waals surface area (Å²) >= 11 is 0. The first-order valence-electron chi connectivity index (χ1n) is 7.37. The van der Waals surface area contributed by atoms with Gasteiger partial charge in [0.25, 0.3) is 0 Å². The van der Waals surface area contributed by atoms with Gasteiger partial charge in [-0.1, -0.05) is 0 Å². The molecule has 1 aliphatic heterocycles. The molecule has 0 aromatic heterocycles. The Hall–Kier alpha value is -0.610. The minimum absolute atomic E-state index is 0.174. The summed E-state index contributed by atoms with van der Waals surface area (Å²) in [5.74, 6) is 1.42. The zero-order chi connectivity index (χ0) is 12.7. The molecule has 18 heavy (non-hydrogen) atoms. The molecule has 0 bridgehead atoms. The Morgan fingerprint density at radius 3 is 2.44 bits per heavy atom. The van der Waals surface area contributed by atoms with Gasteiger partial charge in [-0.25, -0.2) is 0 Å². The molecule has 0 radical (unpaired) electrons. The van der Waals surface area contributed by atoms with E-state index in [0.29, 0.717) is 23.8 Å². The zero-order valence-corrected chi connectivity index (χ0v) is 10.9. The molecule has 3 aliphatic rings. The molecule has 2 saturated carbocycles. The predicted octanol–water partition coefficient (Wildman–Crippen LogP) is 0.733. The van der Waals surface area contributed by atoms with Crippen molar-refractivity contribution < 1.29 is 9.90 Å². The molecule has 1 amide bonds. The van der Waals surface area contributed by atoms with E-state index in [1.165, 1.54) is 0 Å². The van der Waals surface area contributed by atoms with Gasteiger partial charge in [0.05, 0.1) is 6.10 Å². The maximum atomic E-state index is 12.4. The highest BCUT2D eigenvalue weighted by Crippen LogP contribution is 2.39. The molecule has 2 aliphatic carbocycles. The van der Waals surface area contributed by atoms with E-state index in [1.807, 2.05) is 4.90 Å². The molecule has 3 N–H and O–H groups in total. The normalized spacial score (nSPS) is 44.1. The van der Waals surface area contributed by atoms with Gasteiger partial charge in [0.15, 0.2) is 0 Å². The Morgan fingerprint density at radius 2 is 1.78 bits per heavy atom. The number of carbonyl (C=O) groups is 1. The Morgan fingerprint density at radius 1 is 1.06 bits per heavy atom. The molecule has 3 unspecified atom stereocenters. The van der Waals surface area contributed by atoms with Gasteiger partial charge in [-0.05, 0) is 44.4 Å². The molecule has 0 spiro atoms. The lowest BCUT2D eigenvalue weighted by molar-refractivity contribution is -0.136. The summed E-state index contributed by atoms with van der Waals surface area (Å²) in [7, 11) is 0. The highest BCUT2D eigenvalue weighted by atomic mass is 16.3. The van der Waals surface area contributed by atoms with E-state index in [9.17, 15) is 9.90 Å². The van der Waals surface area contributed by atoms with Crippen LogP contribution in [0.4, 0.5) is 0 Å². The highest BCUT2D eigenvalue weighted by Gasteiger charge is 2.44. The average Bonchev–Trinajstić information content (AvgIpc) is 2.92. The van der Waals surface area contributed by atoms with Crippen molar-refractivity contribution in [3.63, 3.8) is 0 Å². The maximum Gasteiger partial charge on any atom is 0.225 e. The Labute approximate surface area is 109 Å². The summed E-state index contributed by atoms with van der Waals surface area (Å²) in [5.41, 5.74) is 5.89. The molecule has 3 rings (SSSR count). The van der Waals surface area contributed by atoms with E-state index >= 15 is 0 Å². The van der Waals surface area contributed by atoms with Crippen LogP contribution in [0.25, 0.3) is 0 Å². The quantitative estimate of drug-likeness (QED) is 0.723. The largest absolute Gasteiger partial charge is 0.393 e. The number of rotatable bonds is 1. The van der Waals surface area contributed by atoms with E-state index in [4.69, 9.17) is 5.73 Å². The highest BCUT2D eigenvalue weighted by molar-refractivity contribution is 5.79. The molecule has 0 aromatic rings. The van der Waals surface area contributed by atoms with Crippen LogP contribution in [0.3, 0.4) is 0 Å². The third-order valence-electron chi connectivity index (χ3n) is 5.25. The smallest absolute Gasteiger partial charge is 0.225 e. The van der Waals surface area contributed by atoms with Gasteiger partial charge < -0.3 is 15.7 Å². The van der Waals surface area contributed by atoms with Crippen LogP contribution in [0.15, 0.2) is 0 Å². The number of carbonyl (C=O) groups excluding carboxylic acids is 1. The summed E-state index contributed by atoms with van der Waals surface area (Å²) in [6.07, 6.45) is 5.72. The van der Waals surface area contributed by atoms with E-state index in [-0.39, 0.29) is 12.0 Å². The van der Waals surface area contributed by atoms with E-state index in [2.05, 4.69) is 0 Å². The molecule has 1 saturated heterocycles. The lowest BCUT2D eigenvalue weighted by Gasteiger charge is -2.29. The maximum absolute atomic E-state index is 12.4. The number of aliphatic hydroxyl groups excluding tert-OH is 1. The monoisotopic (exact) mass is 252 g/mol. The van der Waals surface area contributed by atoms with Crippen LogP contribution in [0.2, 0.25) is 0 Å². The van der Waals surface area contributed by atoms with Gasteiger partial charge in [-0.15, -0.1) is 0 Å². The van der Waals surface area contributed by atoms with Crippen LogP contribution in [0.1, 0.15) is 38.5 Å². The summed E-state index contributed by atoms with van der Waals surface area (Å²) in [6.45, 7) is 1.66. The minimum Gasteiger partial charge on any atom is -0.393 e. The SMILES string of the molecule is NC1CCC(C(=O)N2CC3CCC(O)C3C2)CC1. The number of hydrogen-bond acceptors (Lipinski definition) is 3. The van der Waals surface area contributed by atoms with Crippen LogP contribution in [-0.2, 0) is 4.79 Å². The third kappa shape index (κ3) is 2.16. The first kappa shape index (κ1) is 12.4. The summed E-state index contributed by atoms with van der Waals surface area (Å²) in [6, 6.07) is 0.300.